The highest BCUT2D eigenvalue weighted by molar-refractivity contribution is 5.91. The Bertz CT molecular complexity index is 2830. The lowest BCUT2D eigenvalue weighted by molar-refractivity contribution is -0.116. The third-order valence-corrected chi connectivity index (χ3v) is 9.80. The van der Waals surface area contributed by atoms with Crippen LogP contribution in [0.5, 0.6) is 5.75 Å². The molecule has 0 radical (unpaired) electrons. The third-order valence-electron chi connectivity index (χ3n) is 9.80. The monoisotopic (exact) mass is 783 g/mol. The van der Waals surface area contributed by atoms with Crippen molar-refractivity contribution in [2.45, 2.75) is 20.1 Å². The van der Waals surface area contributed by atoms with E-state index >= 15 is 0 Å². The SMILES string of the molecule is Cc1ccc2cccc(OCc3c(/C=C/c4ccncc4)ccc(-n4cccc4CNC(=O)/C=C/c4ccc(/C=C/c5ccncc5)nc4)c3/C=C/c3ccncc3)c2n1. The number of ether oxygens (including phenoxy) is 1. The zero-order chi connectivity index (χ0) is 40.9. The van der Waals surface area contributed by atoms with E-state index in [1.165, 1.54) is 6.08 Å². The Hall–Kier alpha value is -8.04. The second-order valence-corrected chi connectivity index (χ2v) is 13.9. The van der Waals surface area contributed by atoms with E-state index in [4.69, 9.17) is 9.72 Å². The van der Waals surface area contributed by atoms with Gasteiger partial charge in [0.05, 0.1) is 17.9 Å². The molecule has 1 amide bonds. The van der Waals surface area contributed by atoms with Gasteiger partial charge in [-0.25, -0.2) is 4.98 Å². The molecule has 0 aliphatic heterocycles. The zero-order valence-electron chi connectivity index (χ0n) is 33.0. The number of nitrogens with zero attached hydrogens (tertiary/aromatic N) is 6. The van der Waals surface area contributed by atoms with Crippen LogP contribution in [-0.2, 0) is 17.9 Å². The van der Waals surface area contributed by atoms with Crippen LogP contribution >= 0.6 is 0 Å². The second kappa shape index (κ2) is 18.9. The van der Waals surface area contributed by atoms with Crippen LogP contribution < -0.4 is 10.1 Å². The molecule has 0 fully saturated rings. The number of aryl methyl sites for hydroxylation is 1. The number of rotatable bonds is 14. The van der Waals surface area contributed by atoms with Crippen LogP contribution in [0.15, 0.2) is 159 Å². The van der Waals surface area contributed by atoms with Gasteiger partial charge in [-0.1, -0.05) is 60.7 Å². The molecule has 1 N–H and O–H groups in total. The molecule has 6 aromatic heterocycles. The van der Waals surface area contributed by atoms with Gasteiger partial charge in [-0.3, -0.25) is 24.7 Å². The predicted octanol–water partition coefficient (Wildman–Crippen LogP) is 10.3. The molecule has 2 aromatic carbocycles. The number of aromatic nitrogens is 6. The molecule has 60 heavy (non-hydrogen) atoms. The maximum Gasteiger partial charge on any atom is 0.244 e. The quantitative estimate of drug-likeness (QED) is 0.109. The predicted molar refractivity (Wildman–Crippen MR) is 241 cm³/mol. The fourth-order valence-corrected chi connectivity index (χ4v) is 6.65. The summed E-state index contributed by atoms with van der Waals surface area (Å²) < 4.78 is 8.81. The number of pyridine rings is 5. The maximum absolute atomic E-state index is 13.1. The first kappa shape index (κ1) is 38.8. The molecule has 0 aliphatic rings. The molecule has 0 atom stereocenters. The molecule has 6 heterocycles. The van der Waals surface area contributed by atoms with E-state index in [1.807, 2.05) is 110 Å². The molecule has 8 aromatic rings. The van der Waals surface area contributed by atoms with Gasteiger partial charge in [0, 0.05) is 83.6 Å². The number of carbonyl (C=O) groups is 1. The lowest BCUT2D eigenvalue weighted by Crippen LogP contribution is -2.22. The Morgan fingerprint density at radius 1 is 0.667 bits per heavy atom. The standard InChI is InChI=1S/C51H41N7O2/c1-37-7-13-43-4-2-6-49(51(43)57-37)60-36-47-42(14-8-38-21-27-52-28-22-38)15-19-48(46(47)18-11-40-25-31-54-32-26-40)58-33-3-5-45(58)35-56-50(59)20-12-41-10-17-44(55-34-41)16-9-39-23-29-53-30-24-39/h2-34H,35-36H2,1H3,(H,56,59)/b14-8+,16-9+,18-11+,20-12+. The summed E-state index contributed by atoms with van der Waals surface area (Å²) in [5.41, 5.74) is 11.2. The first-order valence-corrected chi connectivity index (χ1v) is 19.5. The van der Waals surface area contributed by atoms with Crippen LogP contribution in [0.25, 0.3) is 59.1 Å². The lowest BCUT2D eigenvalue weighted by atomic mass is 9.97. The molecular weight excluding hydrogens is 743 g/mol. The fourth-order valence-electron chi connectivity index (χ4n) is 6.65. The molecule has 9 heteroatoms. The summed E-state index contributed by atoms with van der Waals surface area (Å²) in [6, 6.07) is 33.9. The molecule has 0 aliphatic carbocycles. The smallest absolute Gasteiger partial charge is 0.244 e. The average molecular weight is 784 g/mol. The molecular formula is C51H41N7O2. The summed E-state index contributed by atoms with van der Waals surface area (Å²) in [7, 11) is 0. The van der Waals surface area contributed by atoms with E-state index in [1.54, 1.807) is 49.5 Å². The number of hydrogen-bond donors (Lipinski definition) is 1. The number of para-hydroxylation sites is 1. The fraction of sp³-hybridized carbons (Fsp3) is 0.0588. The lowest BCUT2D eigenvalue weighted by Gasteiger charge is -2.19. The van der Waals surface area contributed by atoms with Crippen molar-refractivity contribution in [2.24, 2.45) is 0 Å². The Kier molecular flexibility index (Phi) is 12.2. The Labute approximate surface area is 348 Å². The van der Waals surface area contributed by atoms with Gasteiger partial charge in [0.1, 0.15) is 17.9 Å². The minimum atomic E-state index is -0.216. The molecule has 292 valence electrons. The summed E-state index contributed by atoms with van der Waals surface area (Å²) in [4.78, 5) is 34.9. The number of fused-ring (bicyclic) bond motifs is 1. The largest absolute Gasteiger partial charge is 0.487 e. The molecule has 9 nitrogen and oxygen atoms in total. The number of nitrogens with one attached hydrogen (secondary N) is 1. The molecule has 0 bridgehead atoms. The van der Waals surface area contributed by atoms with Gasteiger partial charge in [-0.2, -0.15) is 0 Å². The van der Waals surface area contributed by atoms with Crippen molar-refractivity contribution in [3.63, 3.8) is 0 Å². The van der Waals surface area contributed by atoms with Crippen molar-refractivity contribution in [1.29, 1.82) is 0 Å². The van der Waals surface area contributed by atoms with E-state index < -0.39 is 0 Å². The van der Waals surface area contributed by atoms with E-state index in [2.05, 4.69) is 72.3 Å². The summed E-state index contributed by atoms with van der Waals surface area (Å²) in [5.74, 6) is 0.489. The highest BCUT2D eigenvalue weighted by Gasteiger charge is 2.16. The number of benzene rings is 2. The molecule has 0 unspecified atom stereocenters. The van der Waals surface area contributed by atoms with Crippen LogP contribution in [0.4, 0.5) is 0 Å². The van der Waals surface area contributed by atoms with Gasteiger partial charge in [-0.05, 0) is 120 Å². The Morgan fingerprint density at radius 2 is 1.37 bits per heavy atom. The second-order valence-electron chi connectivity index (χ2n) is 13.9. The normalized spacial score (nSPS) is 11.7. The van der Waals surface area contributed by atoms with Crippen LogP contribution in [0.2, 0.25) is 0 Å². The van der Waals surface area contributed by atoms with E-state index in [0.29, 0.717) is 12.3 Å². The highest BCUT2D eigenvalue weighted by atomic mass is 16.5. The van der Waals surface area contributed by atoms with Gasteiger partial charge in [0.2, 0.25) is 5.91 Å². The Morgan fingerprint density at radius 3 is 2.07 bits per heavy atom. The van der Waals surface area contributed by atoms with E-state index in [9.17, 15) is 4.79 Å². The molecule has 0 saturated heterocycles. The minimum absolute atomic E-state index is 0.216. The number of amides is 1. The zero-order valence-corrected chi connectivity index (χ0v) is 33.0. The van der Waals surface area contributed by atoms with E-state index in [-0.39, 0.29) is 12.5 Å². The van der Waals surface area contributed by atoms with Crippen molar-refractivity contribution >= 4 is 59.3 Å². The topological polar surface area (TPSA) is 108 Å². The van der Waals surface area contributed by atoms with Crippen LogP contribution in [0.3, 0.4) is 0 Å². The van der Waals surface area contributed by atoms with Gasteiger partial charge in [0.15, 0.2) is 0 Å². The number of carbonyl (C=O) groups excluding carboxylic acids is 1. The summed E-state index contributed by atoms with van der Waals surface area (Å²) in [6.07, 6.45) is 30.0. The number of hydrogen-bond acceptors (Lipinski definition) is 7. The van der Waals surface area contributed by atoms with Crippen molar-refractivity contribution < 1.29 is 9.53 Å². The molecule has 0 saturated carbocycles. The van der Waals surface area contributed by atoms with Gasteiger partial charge >= 0.3 is 0 Å². The summed E-state index contributed by atoms with van der Waals surface area (Å²) >= 11 is 0. The minimum Gasteiger partial charge on any atom is -0.487 e. The summed E-state index contributed by atoms with van der Waals surface area (Å²) in [5, 5.41) is 4.08. The van der Waals surface area contributed by atoms with Gasteiger partial charge < -0.3 is 14.6 Å². The molecule has 8 rings (SSSR count). The molecule has 0 spiro atoms. The first-order chi connectivity index (χ1) is 29.6. The van der Waals surface area contributed by atoms with Crippen molar-refractivity contribution in [1.82, 2.24) is 34.8 Å². The van der Waals surface area contributed by atoms with Crippen LogP contribution in [-0.4, -0.2) is 35.4 Å². The van der Waals surface area contributed by atoms with Crippen molar-refractivity contribution in [2.75, 3.05) is 0 Å². The van der Waals surface area contributed by atoms with Crippen LogP contribution in [0.1, 0.15) is 56.0 Å². The van der Waals surface area contributed by atoms with Gasteiger partial charge in [-0.15, -0.1) is 0 Å². The Balaban J connectivity index is 1.09. The average Bonchev–Trinajstić information content (AvgIpc) is 3.77. The highest BCUT2D eigenvalue weighted by Crippen LogP contribution is 2.31. The van der Waals surface area contributed by atoms with Gasteiger partial charge in [0.25, 0.3) is 0 Å². The van der Waals surface area contributed by atoms with Crippen LogP contribution in [0, 0.1) is 6.92 Å². The van der Waals surface area contributed by atoms with Crippen molar-refractivity contribution in [3.05, 3.63) is 215 Å². The van der Waals surface area contributed by atoms with Crippen molar-refractivity contribution in [3.8, 4) is 11.4 Å². The van der Waals surface area contributed by atoms with E-state index in [0.717, 1.165) is 72.6 Å². The maximum atomic E-state index is 13.1. The summed E-state index contributed by atoms with van der Waals surface area (Å²) in [6.45, 7) is 2.55. The third kappa shape index (κ3) is 9.90. The first-order valence-electron chi connectivity index (χ1n) is 19.5.